The molecular formula is C24H30N6O3S. The van der Waals surface area contributed by atoms with Crippen LogP contribution in [0.5, 0.6) is 0 Å². The second-order valence-corrected chi connectivity index (χ2v) is 10.7. The van der Waals surface area contributed by atoms with Crippen molar-refractivity contribution in [3.05, 3.63) is 60.4 Å². The third-order valence-corrected chi connectivity index (χ3v) is 7.91. The number of fused-ring (bicyclic) bond motifs is 1. The number of sulfonamides is 1. The van der Waals surface area contributed by atoms with Gasteiger partial charge < -0.3 is 11.1 Å². The van der Waals surface area contributed by atoms with Crippen molar-refractivity contribution < 1.29 is 13.2 Å². The quantitative estimate of drug-likeness (QED) is 0.504. The van der Waals surface area contributed by atoms with E-state index in [1.165, 1.54) is 4.31 Å². The average molecular weight is 483 g/mol. The first-order valence-electron chi connectivity index (χ1n) is 11.3. The van der Waals surface area contributed by atoms with E-state index < -0.39 is 22.0 Å². The third kappa shape index (κ3) is 5.19. The number of hydrogen-bond acceptors (Lipinski definition) is 7. The molecule has 0 bridgehead atoms. The number of amides is 1. The highest BCUT2D eigenvalue weighted by molar-refractivity contribution is 7.89. The van der Waals surface area contributed by atoms with Gasteiger partial charge in [0, 0.05) is 31.6 Å². The number of piperazine rings is 1. The van der Waals surface area contributed by atoms with E-state index in [2.05, 4.69) is 10.2 Å². The molecule has 1 saturated heterocycles. The summed E-state index contributed by atoms with van der Waals surface area (Å²) in [4.78, 5) is 23.8. The molecule has 0 unspecified atom stereocenters. The topological polar surface area (TPSA) is 122 Å². The Kier molecular flexibility index (Phi) is 7.11. The molecule has 1 aromatic heterocycles. The van der Waals surface area contributed by atoms with Crippen molar-refractivity contribution in [2.24, 2.45) is 11.7 Å². The number of primary amides is 1. The van der Waals surface area contributed by atoms with Gasteiger partial charge in [-0.05, 0) is 30.2 Å². The number of benzene rings is 2. The third-order valence-electron chi connectivity index (χ3n) is 5.99. The summed E-state index contributed by atoms with van der Waals surface area (Å²) in [5.41, 5.74) is 6.37. The molecule has 4 rings (SSSR count). The largest absolute Gasteiger partial charge is 0.368 e. The van der Waals surface area contributed by atoms with Gasteiger partial charge in [-0.3, -0.25) is 9.69 Å². The van der Waals surface area contributed by atoms with Crippen LogP contribution >= 0.6 is 0 Å². The summed E-state index contributed by atoms with van der Waals surface area (Å²) in [6.45, 7) is 6.26. The van der Waals surface area contributed by atoms with Gasteiger partial charge in [-0.2, -0.15) is 4.31 Å². The second-order valence-electron chi connectivity index (χ2n) is 8.77. The van der Waals surface area contributed by atoms with E-state index >= 15 is 0 Å². The van der Waals surface area contributed by atoms with Crippen LogP contribution in [0.4, 0.5) is 5.82 Å². The molecule has 1 amide bonds. The first-order valence-corrected chi connectivity index (χ1v) is 12.8. The molecule has 0 aliphatic carbocycles. The molecule has 1 aliphatic rings. The van der Waals surface area contributed by atoms with Crippen LogP contribution in [0.1, 0.15) is 19.7 Å². The Morgan fingerprint density at radius 3 is 2.29 bits per heavy atom. The zero-order valence-corrected chi connectivity index (χ0v) is 20.2. The lowest BCUT2D eigenvalue weighted by Gasteiger charge is -2.33. The maximum absolute atomic E-state index is 12.9. The Hall–Kier alpha value is -3.08. The van der Waals surface area contributed by atoms with E-state index in [0.717, 1.165) is 10.9 Å². The summed E-state index contributed by atoms with van der Waals surface area (Å²) in [6, 6.07) is 15.6. The molecule has 1 fully saturated rings. The van der Waals surface area contributed by atoms with Gasteiger partial charge in [-0.1, -0.05) is 44.2 Å². The van der Waals surface area contributed by atoms with Gasteiger partial charge >= 0.3 is 0 Å². The summed E-state index contributed by atoms with van der Waals surface area (Å²) in [6.07, 6.45) is 0. The minimum absolute atomic E-state index is 0.00526. The smallest absolute Gasteiger partial charge is 0.243 e. The first-order chi connectivity index (χ1) is 16.3. The van der Waals surface area contributed by atoms with Crippen LogP contribution in [0.25, 0.3) is 10.9 Å². The Morgan fingerprint density at radius 2 is 1.65 bits per heavy atom. The molecule has 2 heterocycles. The van der Waals surface area contributed by atoms with E-state index in [4.69, 9.17) is 15.7 Å². The first kappa shape index (κ1) is 24.1. The lowest BCUT2D eigenvalue weighted by Crippen LogP contribution is -2.48. The predicted octanol–water partition coefficient (Wildman–Crippen LogP) is 2.06. The van der Waals surface area contributed by atoms with Crippen molar-refractivity contribution >= 4 is 32.7 Å². The molecule has 180 valence electrons. The normalized spacial score (nSPS) is 16.6. The van der Waals surface area contributed by atoms with Crippen molar-refractivity contribution in [3.63, 3.8) is 0 Å². The second kappa shape index (κ2) is 10.0. The van der Waals surface area contributed by atoms with Gasteiger partial charge in [0.05, 0.1) is 17.0 Å². The number of rotatable bonds is 8. The van der Waals surface area contributed by atoms with Gasteiger partial charge in [0.25, 0.3) is 0 Å². The summed E-state index contributed by atoms with van der Waals surface area (Å²) < 4.78 is 27.3. The van der Waals surface area contributed by atoms with Crippen LogP contribution in [-0.4, -0.2) is 65.7 Å². The van der Waals surface area contributed by atoms with Crippen molar-refractivity contribution in [2.75, 3.05) is 31.5 Å². The molecule has 9 nitrogen and oxygen atoms in total. The van der Waals surface area contributed by atoms with Crippen LogP contribution in [0.2, 0.25) is 0 Å². The highest BCUT2D eigenvalue weighted by atomic mass is 32.2. The number of anilines is 1. The predicted molar refractivity (Wildman–Crippen MR) is 131 cm³/mol. The Bertz CT molecular complexity index is 1260. The minimum atomic E-state index is -3.50. The van der Waals surface area contributed by atoms with E-state index in [0.29, 0.717) is 49.3 Å². The molecule has 1 atom stereocenters. The molecular weight excluding hydrogens is 452 g/mol. The van der Waals surface area contributed by atoms with E-state index in [-0.39, 0.29) is 5.92 Å². The summed E-state index contributed by atoms with van der Waals surface area (Å²) in [5, 5.41) is 4.03. The maximum Gasteiger partial charge on any atom is 0.243 e. The van der Waals surface area contributed by atoms with Crippen LogP contribution in [0.15, 0.2) is 59.5 Å². The number of nitrogens with zero attached hydrogens (tertiary/aromatic N) is 4. The van der Waals surface area contributed by atoms with Crippen molar-refractivity contribution in [3.8, 4) is 0 Å². The molecule has 34 heavy (non-hydrogen) atoms. The number of nitrogens with two attached hydrogens (primary N) is 1. The van der Waals surface area contributed by atoms with E-state index in [9.17, 15) is 13.2 Å². The summed E-state index contributed by atoms with van der Waals surface area (Å²) >= 11 is 0. The molecule has 3 N–H and O–H groups in total. The number of hydrogen-bond donors (Lipinski definition) is 2. The van der Waals surface area contributed by atoms with Gasteiger partial charge in [0.1, 0.15) is 17.7 Å². The molecule has 1 aliphatic heterocycles. The lowest BCUT2D eigenvalue weighted by molar-refractivity contribution is -0.119. The number of nitrogens with one attached hydrogen (secondary N) is 1. The van der Waals surface area contributed by atoms with Gasteiger partial charge in [-0.15, -0.1) is 0 Å². The van der Waals surface area contributed by atoms with Crippen molar-refractivity contribution in [1.82, 2.24) is 19.2 Å². The SMILES string of the molecule is CC(C)[C@H](Nc1nc(CN2CCN(S(=O)(=O)c3ccccc3)CC2)nc2ccccc12)C(N)=O. The molecule has 0 spiro atoms. The van der Waals surface area contributed by atoms with Gasteiger partial charge in [-0.25, -0.2) is 18.4 Å². The van der Waals surface area contributed by atoms with Gasteiger partial charge in [0.15, 0.2) is 0 Å². The van der Waals surface area contributed by atoms with E-state index in [1.54, 1.807) is 30.3 Å². The number of carbonyl (C=O) groups is 1. The monoisotopic (exact) mass is 482 g/mol. The summed E-state index contributed by atoms with van der Waals surface area (Å²) in [5.74, 6) is 0.736. The maximum atomic E-state index is 12.9. The Balaban J connectivity index is 1.50. The fourth-order valence-corrected chi connectivity index (χ4v) is 5.53. The molecule has 0 radical (unpaired) electrons. The molecule has 3 aromatic rings. The molecule has 10 heteroatoms. The highest BCUT2D eigenvalue weighted by Crippen LogP contribution is 2.23. The fourth-order valence-electron chi connectivity index (χ4n) is 4.09. The average Bonchev–Trinajstić information content (AvgIpc) is 2.83. The van der Waals surface area contributed by atoms with Crippen LogP contribution in [0, 0.1) is 5.92 Å². The molecule has 2 aromatic carbocycles. The summed E-state index contributed by atoms with van der Waals surface area (Å²) in [7, 11) is -3.50. The number of carbonyl (C=O) groups excluding carboxylic acids is 1. The Morgan fingerprint density at radius 1 is 1.00 bits per heavy atom. The van der Waals surface area contributed by atoms with Crippen LogP contribution in [0.3, 0.4) is 0 Å². The fraction of sp³-hybridized carbons (Fsp3) is 0.375. The van der Waals surface area contributed by atoms with Crippen molar-refractivity contribution in [1.29, 1.82) is 0 Å². The zero-order chi connectivity index (χ0) is 24.3. The van der Waals surface area contributed by atoms with E-state index in [1.807, 2.05) is 38.1 Å². The lowest BCUT2D eigenvalue weighted by atomic mass is 10.0. The number of aromatic nitrogens is 2. The van der Waals surface area contributed by atoms with Crippen LogP contribution < -0.4 is 11.1 Å². The van der Waals surface area contributed by atoms with Crippen molar-refractivity contribution in [2.45, 2.75) is 31.3 Å². The zero-order valence-electron chi connectivity index (χ0n) is 19.4. The number of para-hydroxylation sites is 1. The minimum Gasteiger partial charge on any atom is -0.368 e. The highest BCUT2D eigenvalue weighted by Gasteiger charge is 2.29. The standard InChI is InChI=1S/C24H30N6O3S/c1-17(2)22(23(25)31)28-24-19-10-6-7-11-20(19)26-21(27-24)16-29-12-14-30(15-13-29)34(32,33)18-8-4-3-5-9-18/h3-11,17,22H,12-16H2,1-2H3,(H2,25,31)(H,26,27,28)/t22-/m0/s1. The Labute approximate surface area is 200 Å². The van der Waals surface area contributed by atoms with Crippen LogP contribution in [-0.2, 0) is 21.4 Å². The molecule has 0 saturated carbocycles. The van der Waals surface area contributed by atoms with Gasteiger partial charge in [0.2, 0.25) is 15.9 Å².